The molecule has 0 saturated carbocycles. The summed E-state index contributed by atoms with van der Waals surface area (Å²) in [5, 5.41) is 9.02. The average Bonchev–Trinajstić information content (AvgIpc) is 2.62. The third kappa shape index (κ3) is 20.4. The van der Waals surface area contributed by atoms with Crippen molar-refractivity contribution in [3.8, 4) is 0 Å². The molecule has 3 heteroatoms. The third-order valence-corrected chi connectivity index (χ3v) is 3.69. The normalized spacial score (nSPS) is 13.5. The summed E-state index contributed by atoms with van der Waals surface area (Å²) in [6, 6.07) is 0. The van der Waals surface area contributed by atoms with Gasteiger partial charge in [0.25, 0.3) is 0 Å². The van der Waals surface area contributed by atoms with E-state index < -0.39 is 6.10 Å². The second-order valence-electron chi connectivity index (χ2n) is 6.51. The predicted molar refractivity (Wildman–Crippen MR) is 111 cm³/mol. The molecule has 0 aromatic carbocycles. The Morgan fingerprint density at radius 3 is 1.85 bits per heavy atom. The number of hydrogen-bond donors (Lipinski definition) is 1. The molecule has 0 fully saturated rings. The van der Waals surface area contributed by atoms with Crippen molar-refractivity contribution >= 4 is 5.97 Å². The van der Waals surface area contributed by atoms with Gasteiger partial charge in [-0.3, -0.25) is 4.79 Å². The van der Waals surface area contributed by atoms with Crippen molar-refractivity contribution in [1.82, 2.24) is 0 Å². The minimum Gasteiger partial charge on any atom is -0.463 e. The number of allylic oxidation sites excluding steroid dienone is 8. The Kier molecular flexibility index (Phi) is 18.5. The summed E-state index contributed by atoms with van der Waals surface area (Å²) in [6.45, 7) is 3.92. The highest BCUT2D eigenvalue weighted by Crippen LogP contribution is 2.02. The van der Waals surface area contributed by atoms with E-state index in [2.05, 4.69) is 55.5 Å². The van der Waals surface area contributed by atoms with Crippen LogP contribution in [-0.2, 0) is 9.53 Å². The Morgan fingerprint density at radius 2 is 1.35 bits per heavy atom. The largest absolute Gasteiger partial charge is 0.463 e. The van der Waals surface area contributed by atoms with Crippen LogP contribution >= 0.6 is 0 Å². The molecule has 0 aliphatic rings. The van der Waals surface area contributed by atoms with Crippen LogP contribution in [0.4, 0.5) is 0 Å². The first-order chi connectivity index (χ1) is 12.7. The van der Waals surface area contributed by atoms with E-state index in [9.17, 15) is 4.79 Å². The molecule has 1 unspecified atom stereocenters. The summed E-state index contributed by atoms with van der Waals surface area (Å²) in [4.78, 5) is 11.3. The van der Waals surface area contributed by atoms with Crippen LogP contribution in [0.15, 0.2) is 48.6 Å². The molecule has 0 rings (SSSR count). The van der Waals surface area contributed by atoms with E-state index in [1.807, 2.05) is 0 Å². The van der Waals surface area contributed by atoms with Crippen molar-refractivity contribution in [3.05, 3.63) is 48.6 Å². The molecule has 26 heavy (non-hydrogen) atoms. The Labute approximate surface area is 160 Å². The van der Waals surface area contributed by atoms with Gasteiger partial charge in [-0.05, 0) is 51.9 Å². The maximum atomic E-state index is 11.3. The highest BCUT2D eigenvalue weighted by molar-refractivity contribution is 5.69. The number of hydrogen-bond acceptors (Lipinski definition) is 3. The van der Waals surface area contributed by atoms with Crippen molar-refractivity contribution in [2.24, 2.45) is 0 Å². The highest BCUT2D eigenvalue weighted by atomic mass is 16.5. The SMILES string of the molecule is CCCCC/C=C\C/C=C\C/C=C\C/C=C\CCCC(=O)OCC(C)O. The molecule has 0 aromatic heterocycles. The van der Waals surface area contributed by atoms with Crippen LogP contribution in [0.2, 0.25) is 0 Å². The molecule has 1 atom stereocenters. The van der Waals surface area contributed by atoms with Gasteiger partial charge in [0.2, 0.25) is 0 Å². The zero-order valence-corrected chi connectivity index (χ0v) is 16.7. The standard InChI is InChI=1S/C23H38O3/c1-3-4-5-6-7-8-9-10-11-12-13-14-15-16-17-18-19-20-23(25)26-21-22(2)24/h7-8,10-11,13-14,16-17,22,24H,3-6,9,12,15,18-21H2,1-2H3/b8-7-,11-10-,14-13-,17-16-. The second kappa shape index (κ2) is 19.7. The van der Waals surface area contributed by atoms with Crippen LogP contribution in [0, 0.1) is 0 Å². The fourth-order valence-corrected chi connectivity index (χ4v) is 2.21. The summed E-state index contributed by atoms with van der Waals surface area (Å²) >= 11 is 0. The van der Waals surface area contributed by atoms with Crippen molar-refractivity contribution in [2.75, 3.05) is 6.61 Å². The number of esters is 1. The average molecular weight is 363 g/mol. The molecular formula is C23H38O3. The first-order valence-corrected chi connectivity index (χ1v) is 10.1. The number of ether oxygens (including phenoxy) is 1. The number of aliphatic hydroxyl groups excluding tert-OH is 1. The molecule has 0 radical (unpaired) electrons. The van der Waals surface area contributed by atoms with Crippen LogP contribution < -0.4 is 0 Å². The quantitative estimate of drug-likeness (QED) is 0.206. The minimum atomic E-state index is -0.590. The van der Waals surface area contributed by atoms with Crippen molar-refractivity contribution in [3.63, 3.8) is 0 Å². The lowest BCUT2D eigenvalue weighted by molar-refractivity contribution is -0.146. The lowest BCUT2D eigenvalue weighted by Gasteiger charge is -2.05. The number of unbranched alkanes of at least 4 members (excludes halogenated alkanes) is 4. The smallest absolute Gasteiger partial charge is 0.305 e. The summed E-state index contributed by atoms with van der Waals surface area (Å²) < 4.78 is 4.90. The van der Waals surface area contributed by atoms with Crippen LogP contribution in [0.3, 0.4) is 0 Å². The van der Waals surface area contributed by atoms with E-state index in [-0.39, 0.29) is 12.6 Å². The number of carbonyl (C=O) groups excluding carboxylic acids is 1. The van der Waals surface area contributed by atoms with Crippen molar-refractivity contribution in [1.29, 1.82) is 0 Å². The lowest BCUT2D eigenvalue weighted by Crippen LogP contribution is -2.14. The molecule has 0 aliphatic carbocycles. The fourth-order valence-electron chi connectivity index (χ4n) is 2.21. The van der Waals surface area contributed by atoms with Gasteiger partial charge in [-0.1, -0.05) is 68.4 Å². The van der Waals surface area contributed by atoms with Gasteiger partial charge < -0.3 is 9.84 Å². The van der Waals surface area contributed by atoms with E-state index in [1.165, 1.54) is 25.7 Å². The summed E-state index contributed by atoms with van der Waals surface area (Å²) in [5.41, 5.74) is 0. The number of rotatable bonds is 16. The Morgan fingerprint density at radius 1 is 0.846 bits per heavy atom. The molecule has 0 aromatic rings. The van der Waals surface area contributed by atoms with Crippen molar-refractivity contribution < 1.29 is 14.6 Å². The van der Waals surface area contributed by atoms with E-state index >= 15 is 0 Å². The Balaban J connectivity index is 3.47. The molecule has 0 aliphatic heterocycles. The van der Waals surface area contributed by atoms with Gasteiger partial charge in [0.1, 0.15) is 6.61 Å². The minimum absolute atomic E-state index is 0.0865. The summed E-state index contributed by atoms with van der Waals surface area (Å²) in [7, 11) is 0. The fraction of sp³-hybridized carbons (Fsp3) is 0.609. The monoisotopic (exact) mass is 362 g/mol. The number of aliphatic hydroxyl groups is 1. The second-order valence-corrected chi connectivity index (χ2v) is 6.51. The van der Waals surface area contributed by atoms with Gasteiger partial charge in [-0.25, -0.2) is 0 Å². The molecule has 3 nitrogen and oxygen atoms in total. The van der Waals surface area contributed by atoms with E-state index in [0.29, 0.717) is 6.42 Å². The zero-order valence-electron chi connectivity index (χ0n) is 16.7. The third-order valence-electron chi connectivity index (χ3n) is 3.69. The molecule has 1 N–H and O–H groups in total. The molecule has 0 saturated heterocycles. The van der Waals surface area contributed by atoms with Crippen LogP contribution in [0.25, 0.3) is 0 Å². The molecule has 0 amide bonds. The van der Waals surface area contributed by atoms with Crippen molar-refractivity contribution in [2.45, 2.75) is 84.2 Å². The van der Waals surface area contributed by atoms with Gasteiger partial charge in [-0.15, -0.1) is 0 Å². The van der Waals surface area contributed by atoms with E-state index in [0.717, 1.165) is 32.1 Å². The van der Waals surface area contributed by atoms with Gasteiger partial charge in [0.05, 0.1) is 6.10 Å². The van der Waals surface area contributed by atoms with Crippen LogP contribution in [0.1, 0.15) is 78.1 Å². The first kappa shape index (κ1) is 24.4. The van der Waals surface area contributed by atoms with E-state index in [4.69, 9.17) is 9.84 Å². The van der Waals surface area contributed by atoms with E-state index in [1.54, 1.807) is 6.92 Å². The topological polar surface area (TPSA) is 46.5 Å². The van der Waals surface area contributed by atoms with Gasteiger partial charge >= 0.3 is 5.97 Å². The maximum absolute atomic E-state index is 11.3. The maximum Gasteiger partial charge on any atom is 0.305 e. The number of carbonyl (C=O) groups is 1. The predicted octanol–water partition coefficient (Wildman–Crippen LogP) is 6.06. The first-order valence-electron chi connectivity index (χ1n) is 10.1. The summed E-state index contributed by atoms with van der Waals surface area (Å²) in [6.07, 6.45) is 27.1. The Bertz CT molecular complexity index is 431. The lowest BCUT2D eigenvalue weighted by atomic mass is 10.2. The highest BCUT2D eigenvalue weighted by Gasteiger charge is 2.03. The molecule has 0 bridgehead atoms. The molecular weight excluding hydrogens is 324 g/mol. The zero-order chi connectivity index (χ0) is 19.3. The Hall–Kier alpha value is -1.61. The van der Waals surface area contributed by atoms with Gasteiger partial charge in [0.15, 0.2) is 0 Å². The molecule has 0 spiro atoms. The molecule has 148 valence electrons. The van der Waals surface area contributed by atoms with Gasteiger partial charge in [0, 0.05) is 6.42 Å². The van der Waals surface area contributed by atoms with Crippen LogP contribution in [0.5, 0.6) is 0 Å². The summed E-state index contributed by atoms with van der Waals surface area (Å²) in [5.74, 6) is -0.234. The van der Waals surface area contributed by atoms with Gasteiger partial charge in [-0.2, -0.15) is 0 Å². The van der Waals surface area contributed by atoms with Crippen LogP contribution in [-0.4, -0.2) is 23.8 Å². The molecule has 0 heterocycles.